The molecule has 0 bridgehead atoms. The van der Waals surface area contributed by atoms with Crippen LogP contribution in [-0.4, -0.2) is 44.5 Å². The first kappa shape index (κ1) is 21.6. The van der Waals surface area contributed by atoms with Gasteiger partial charge in [-0.05, 0) is 25.1 Å². The van der Waals surface area contributed by atoms with Gasteiger partial charge in [0.15, 0.2) is 5.96 Å². The number of halogens is 3. The van der Waals surface area contributed by atoms with Gasteiger partial charge >= 0.3 is 6.61 Å². The highest BCUT2D eigenvalue weighted by Gasteiger charge is 2.11. The Labute approximate surface area is 151 Å². The summed E-state index contributed by atoms with van der Waals surface area (Å²) < 4.78 is 34.4. The number of hydrogen-bond donors (Lipinski definition) is 3. The number of aliphatic hydroxyl groups excluding tert-OH is 1. The summed E-state index contributed by atoms with van der Waals surface area (Å²) in [6, 6.07) is 4.56. The van der Waals surface area contributed by atoms with Crippen LogP contribution < -0.4 is 20.1 Å². The third-order valence-corrected chi connectivity index (χ3v) is 2.64. The van der Waals surface area contributed by atoms with Crippen molar-refractivity contribution in [2.45, 2.75) is 20.1 Å². The lowest BCUT2D eigenvalue weighted by molar-refractivity contribution is -0.0504. The molecule has 6 nitrogen and oxygen atoms in total. The van der Waals surface area contributed by atoms with Crippen molar-refractivity contribution in [2.24, 2.45) is 4.99 Å². The Balaban J connectivity index is 0.00000484. The van der Waals surface area contributed by atoms with E-state index in [1.54, 1.807) is 12.1 Å². The molecule has 0 aromatic heterocycles. The molecule has 3 N–H and O–H groups in total. The van der Waals surface area contributed by atoms with Gasteiger partial charge in [-0.1, -0.05) is 0 Å². The van der Waals surface area contributed by atoms with E-state index in [2.05, 4.69) is 20.4 Å². The van der Waals surface area contributed by atoms with Crippen molar-refractivity contribution >= 4 is 29.9 Å². The number of ether oxygens (including phenoxy) is 2. The summed E-state index contributed by atoms with van der Waals surface area (Å²) in [6.45, 7) is 0.0492. The Morgan fingerprint density at radius 3 is 2.65 bits per heavy atom. The molecule has 0 amide bonds. The lowest BCUT2D eigenvalue weighted by atomic mass is 10.2. The highest BCUT2D eigenvalue weighted by Crippen LogP contribution is 2.26. The molecule has 0 aliphatic rings. The molecule has 0 atom stereocenters. The molecule has 0 saturated carbocycles. The smallest absolute Gasteiger partial charge is 0.387 e. The van der Waals surface area contributed by atoms with Crippen LogP contribution >= 0.6 is 24.0 Å². The Morgan fingerprint density at radius 1 is 1.35 bits per heavy atom. The van der Waals surface area contributed by atoms with Crippen molar-refractivity contribution in [1.82, 2.24) is 10.6 Å². The van der Waals surface area contributed by atoms with E-state index >= 15 is 0 Å². The fraction of sp³-hybridized carbons (Fsp3) is 0.500. The molecule has 23 heavy (non-hydrogen) atoms. The number of guanidine groups is 1. The maximum atomic E-state index is 12.4. The summed E-state index contributed by atoms with van der Waals surface area (Å²) in [7, 11) is 1.49. The summed E-state index contributed by atoms with van der Waals surface area (Å²) in [5, 5.41) is 14.7. The van der Waals surface area contributed by atoms with Crippen molar-refractivity contribution in [3.63, 3.8) is 0 Å². The summed E-state index contributed by atoms with van der Waals surface area (Å²) in [4.78, 5) is 4.27. The van der Waals surface area contributed by atoms with Crippen LogP contribution in [0, 0.1) is 0 Å². The molecule has 0 unspecified atom stereocenters. The van der Waals surface area contributed by atoms with Crippen LogP contribution in [0.3, 0.4) is 0 Å². The SMILES string of the molecule is CCNC(=NCc1cc(OC)ccc1OC(F)F)NCCO.I. The first-order valence-electron chi connectivity index (χ1n) is 6.85. The van der Waals surface area contributed by atoms with Crippen LogP contribution in [0.15, 0.2) is 23.2 Å². The van der Waals surface area contributed by atoms with E-state index in [1.165, 1.54) is 13.2 Å². The molecule has 9 heteroatoms. The van der Waals surface area contributed by atoms with Crippen LogP contribution in [0.5, 0.6) is 11.5 Å². The number of rotatable bonds is 8. The monoisotopic (exact) mass is 445 g/mol. The van der Waals surface area contributed by atoms with E-state index in [1.807, 2.05) is 6.92 Å². The maximum absolute atomic E-state index is 12.4. The molecule has 0 radical (unpaired) electrons. The average Bonchev–Trinajstić information content (AvgIpc) is 2.50. The number of benzene rings is 1. The number of aliphatic imine (C=N–C) groups is 1. The highest BCUT2D eigenvalue weighted by atomic mass is 127. The van der Waals surface area contributed by atoms with Crippen molar-refractivity contribution in [3.05, 3.63) is 23.8 Å². The molecule has 1 aromatic carbocycles. The van der Waals surface area contributed by atoms with Gasteiger partial charge in [0.25, 0.3) is 0 Å². The van der Waals surface area contributed by atoms with E-state index in [9.17, 15) is 8.78 Å². The van der Waals surface area contributed by atoms with Crippen molar-refractivity contribution < 1.29 is 23.4 Å². The standard InChI is InChI=1S/C14H21F2N3O3.HI/c1-3-17-14(18-6-7-20)19-9-10-8-11(21-2)4-5-12(10)22-13(15)16;/h4-5,8,13,20H,3,6-7,9H2,1-2H3,(H2,17,18,19);1H. The van der Waals surface area contributed by atoms with Gasteiger partial charge in [0.1, 0.15) is 11.5 Å². The van der Waals surface area contributed by atoms with Crippen LogP contribution in [-0.2, 0) is 6.54 Å². The second-order valence-electron chi connectivity index (χ2n) is 4.20. The Morgan fingerprint density at radius 2 is 2.09 bits per heavy atom. The van der Waals surface area contributed by atoms with E-state index in [0.717, 1.165) is 0 Å². The van der Waals surface area contributed by atoms with Gasteiger partial charge in [-0.15, -0.1) is 24.0 Å². The topological polar surface area (TPSA) is 75.1 Å². The van der Waals surface area contributed by atoms with Gasteiger partial charge in [-0.3, -0.25) is 0 Å². The Hall–Kier alpha value is -1.36. The lowest BCUT2D eigenvalue weighted by Crippen LogP contribution is -2.38. The Bertz CT molecular complexity index is 490. The first-order valence-corrected chi connectivity index (χ1v) is 6.85. The zero-order chi connectivity index (χ0) is 16.4. The third-order valence-electron chi connectivity index (χ3n) is 2.64. The molecule has 1 aromatic rings. The second-order valence-corrected chi connectivity index (χ2v) is 4.20. The summed E-state index contributed by atoms with van der Waals surface area (Å²) in [5.74, 6) is 1.06. The van der Waals surface area contributed by atoms with Crippen LogP contribution in [0.4, 0.5) is 8.78 Å². The molecule has 0 fully saturated rings. The van der Waals surface area contributed by atoms with Crippen molar-refractivity contribution in [2.75, 3.05) is 26.8 Å². The molecule has 0 aliphatic heterocycles. The number of alkyl halides is 2. The van der Waals surface area contributed by atoms with E-state index in [-0.39, 0.29) is 42.9 Å². The number of nitrogens with one attached hydrogen (secondary N) is 2. The summed E-state index contributed by atoms with van der Waals surface area (Å²) >= 11 is 0. The fourth-order valence-corrected chi connectivity index (χ4v) is 1.70. The average molecular weight is 445 g/mol. The highest BCUT2D eigenvalue weighted by molar-refractivity contribution is 14.0. The predicted octanol–water partition coefficient (Wildman–Crippen LogP) is 1.96. The maximum Gasteiger partial charge on any atom is 0.387 e. The minimum atomic E-state index is -2.91. The number of hydrogen-bond acceptors (Lipinski definition) is 4. The van der Waals surface area contributed by atoms with Crippen LogP contribution in [0.1, 0.15) is 12.5 Å². The molecular weight excluding hydrogens is 423 g/mol. The van der Waals surface area contributed by atoms with Gasteiger partial charge in [0.2, 0.25) is 0 Å². The molecule has 0 saturated heterocycles. The van der Waals surface area contributed by atoms with E-state index in [0.29, 0.717) is 30.4 Å². The van der Waals surface area contributed by atoms with Crippen molar-refractivity contribution in [1.29, 1.82) is 0 Å². The zero-order valence-electron chi connectivity index (χ0n) is 13.0. The summed E-state index contributed by atoms with van der Waals surface area (Å²) in [6.07, 6.45) is 0. The third kappa shape index (κ3) is 8.16. The van der Waals surface area contributed by atoms with Gasteiger partial charge in [0, 0.05) is 18.7 Å². The molecule has 1 rings (SSSR count). The zero-order valence-corrected chi connectivity index (χ0v) is 15.3. The van der Waals surface area contributed by atoms with Gasteiger partial charge < -0.3 is 25.2 Å². The molecular formula is C14H22F2IN3O3. The minimum Gasteiger partial charge on any atom is -0.497 e. The van der Waals surface area contributed by atoms with E-state index < -0.39 is 6.61 Å². The lowest BCUT2D eigenvalue weighted by Gasteiger charge is -2.13. The first-order chi connectivity index (χ1) is 10.6. The normalized spacial score (nSPS) is 11.0. The molecule has 132 valence electrons. The number of nitrogens with zero attached hydrogens (tertiary/aromatic N) is 1. The molecule has 0 aliphatic carbocycles. The fourth-order valence-electron chi connectivity index (χ4n) is 1.70. The quantitative estimate of drug-likeness (QED) is 0.324. The molecule has 0 heterocycles. The van der Waals surface area contributed by atoms with Gasteiger partial charge in [-0.25, -0.2) is 4.99 Å². The number of methoxy groups -OCH3 is 1. The predicted molar refractivity (Wildman–Crippen MR) is 94.9 cm³/mol. The van der Waals surface area contributed by atoms with Gasteiger partial charge in [-0.2, -0.15) is 8.78 Å². The minimum absolute atomic E-state index is 0. The number of aliphatic hydroxyl groups is 1. The van der Waals surface area contributed by atoms with Crippen LogP contribution in [0.2, 0.25) is 0 Å². The Kier molecular flexibility index (Phi) is 11.4. The summed E-state index contributed by atoms with van der Waals surface area (Å²) in [5.41, 5.74) is 0.473. The van der Waals surface area contributed by atoms with Crippen molar-refractivity contribution in [3.8, 4) is 11.5 Å². The second kappa shape index (κ2) is 12.1. The van der Waals surface area contributed by atoms with Gasteiger partial charge in [0.05, 0.1) is 20.3 Å². The van der Waals surface area contributed by atoms with Crippen LogP contribution in [0.25, 0.3) is 0 Å². The molecule has 0 spiro atoms. The largest absolute Gasteiger partial charge is 0.497 e. The van der Waals surface area contributed by atoms with E-state index in [4.69, 9.17) is 9.84 Å².